The lowest BCUT2D eigenvalue weighted by Gasteiger charge is -2.21. The van der Waals surface area contributed by atoms with E-state index in [2.05, 4.69) is 9.24 Å². The summed E-state index contributed by atoms with van der Waals surface area (Å²) in [6.07, 6.45) is 0.736. The predicted octanol–water partition coefficient (Wildman–Crippen LogP) is -0.148. The Kier molecular flexibility index (Phi) is 3.54. The van der Waals surface area contributed by atoms with Crippen LogP contribution in [0.3, 0.4) is 0 Å². The first-order chi connectivity index (χ1) is 3.68. The van der Waals surface area contributed by atoms with Gasteiger partial charge in [-0.05, 0) is 6.16 Å². The van der Waals surface area contributed by atoms with E-state index >= 15 is 0 Å². The molecule has 0 aliphatic carbocycles. The molecule has 2 nitrogen and oxygen atoms in total. The molecule has 0 radical (unpaired) electrons. The molecule has 1 unspecified atom stereocenters. The summed E-state index contributed by atoms with van der Waals surface area (Å²) in [5.74, 6) is 0. The van der Waals surface area contributed by atoms with Gasteiger partial charge < -0.3 is 10.2 Å². The van der Waals surface area contributed by atoms with Crippen LogP contribution in [0, 0.1) is 5.41 Å². The van der Waals surface area contributed by atoms with E-state index in [1.165, 1.54) is 0 Å². The highest BCUT2D eigenvalue weighted by Gasteiger charge is 2.18. The average Bonchev–Trinajstić information content (AvgIpc) is 1.87. The van der Waals surface area contributed by atoms with Crippen LogP contribution in [0.2, 0.25) is 0 Å². The number of hydrogen-bond donors (Lipinski definition) is 2. The number of aliphatic hydroxyl groups is 2. The molecule has 0 rings (SSSR count). The standard InChI is InChI=1S/C5H13O2P/c1-5(2-6,3-7)4-8/h6-7H,2-4,8H2,1H3. The quantitative estimate of drug-likeness (QED) is 0.530. The van der Waals surface area contributed by atoms with E-state index < -0.39 is 0 Å². The molecule has 0 amide bonds. The van der Waals surface area contributed by atoms with Crippen molar-refractivity contribution in [1.82, 2.24) is 0 Å². The molecule has 8 heavy (non-hydrogen) atoms. The highest BCUT2D eigenvalue weighted by Crippen LogP contribution is 2.16. The van der Waals surface area contributed by atoms with Crippen molar-refractivity contribution in [2.24, 2.45) is 5.41 Å². The molecule has 3 heteroatoms. The molecule has 0 heterocycles. The van der Waals surface area contributed by atoms with Crippen LogP contribution in [0.15, 0.2) is 0 Å². The third-order valence-electron chi connectivity index (χ3n) is 1.26. The normalized spacial score (nSPS) is 12.0. The number of aliphatic hydroxyl groups excluding tert-OH is 2. The van der Waals surface area contributed by atoms with Crippen LogP contribution in [0.4, 0.5) is 0 Å². The van der Waals surface area contributed by atoms with E-state index in [0.717, 1.165) is 6.16 Å². The van der Waals surface area contributed by atoms with Gasteiger partial charge in [-0.1, -0.05) is 6.92 Å². The summed E-state index contributed by atoms with van der Waals surface area (Å²) in [6.45, 7) is 1.93. The summed E-state index contributed by atoms with van der Waals surface area (Å²) >= 11 is 0. The number of rotatable bonds is 3. The maximum absolute atomic E-state index is 8.61. The van der Waals surface area contributed by atoms with Gasteiger partial charge in [-0.25, -0.2) is 0 Å². The fourth-order valence-electron chi connectivity index (χ4n) is 0.179. The Hall–Kier alpha value is 0.350. The Morgan fingerprint density at radius 1 is 1.38 bits per heavy atom. The zero-order valence-corrected chi connectivity index (χ0v) is 6.25. The van der Waals surface area contributed by atoms with Gasteiger partial charge in [0.15, 0.2) is 0 Å². The van der Waals surface area contributed by atoms with Crippen LogP contribution in [0.1, 0.15) is 6.92 Å². The van der Waals surface area contributed by atoms with E-state index in [1.54, 1.807) is 0 Å². The first kappa shape index (κ1) is 8.35. The summed E-state index contributed by atoms with van der Waals surface area (Å²) in [5.41, 5.74) is -0.301. The monoisotopic (exact) mass is 136 g/mol. The van der Waals surface area contributed by atoms with E-state index in [-0.39, 0.29) is 18.6 Å². The van der Waals surface area contributed by atoms with Crippen LogP contribution < -0.4 is 0 Å². The molecular weight excluding hydrogens is 123 g/mol. The molecule has 0 spiro atoms. The maximum Gasteiger partial charge on any atom is 0.0509 e. The van der Waals surface area contributed by atoms with Crippen LogP contribution in [0.25, 0.3) is 0 Å². The molecule has 0 saturated heterocycles. The average molecular weight is 136 g/mol. The van der Waals surface area contributed by atoms with Crippen LogP contribution >= 0.6 is 9.24 Å². The third-order valence-corrected chi connectivity index (χ3v) is 2.24. The smallest absolute Gasteiger partial charge is 0.0509 e. The van der Waals surface area contributed by atoms with E-state index in [4.69, 9.17) is 10.2 Å². The third kappa shape index (κ3) is 2.08. The topological polar surface area (TPSA) is 40.5 Å². The Morgan fingerprint density at radius 3 is 1.75 bits per heavy atom. The molecule has 1 atom stereocenters. The van der Waals surface area contributed by atoms with Crippen LogP contribution in [0.5, 0.6) is 0 Å². The minimum absolute atomic E-state index is 0.0486. The van der Waals surface area contributed by atoms with E-state index in [0.29, 0.717) is 0 Å². The van der Waals surface area contributed by atoms with Crippen molar-refractivity contribution in [3.63, 3.8) is 0 Å². The summed E-state index contributed by atoms with van der Waals surface area (Å²) < 4.78 is 0. The van der Waals surface area contributed by atoms with Crippen LogP contribution in [-0.2, 0) is 0 Å². The fraction of sp³-hybridized carbons (Fsp3) is 1.00. The van der Waals surface area contributed by atoms with Gasteiger partial charge in [0.2, 0.25) is 0 Å². The zero-order valence-electron chi connectivity index (χ0n) is 5.09. The fourth-order valence-corrected chi connectivity index (χ4v) is 0.437. The van der Waals surface area contributed by atoms with Gasteiger partial charge in [0.05, 0.1) is 13.2 Å². The Morgan fingerprint density at radius 2 is 1.75 bits per heavy atom. The minimum atomic E-state index is -0.301. The van der Waals surface area contributed by atoms with Crippen molar-refractivity contribution >= 4 is 9.24 Å². The van der Waals surface area contributed by atoms with Gasteiger partial charge >= 0.3 is 0 Å². The summed E-state index contributed by atoms with van der Waals surface area (Å²) in [5, 5.41) is 17.2. The van der Waals surface area contributed by atoms with Gasteiger partial charge in [-0.3, -0.25) is 0 Å². The highest BCUT2D eigenvalue weighted by atomic mass is 31.0. The lowest BCUT2D eigenvalue weighted by molar-refractivity contribution is 0.0893. The van der Waals surface area contributed by atoms with Crippen molar-refractivity contribution in [2.75, 3.05) is 19.4 Å². The molecule has 0 aromatic carbocycles. The van der Waals surface area contributed by atoms with E-state index in [9.17, 15) is 0 Å². The SMILES string of the molecule is CC(CO)(CO)CP. The first-order valence-electron chi connectivity index (χ1n) is 2.60. The van der Waals surface area contributed by atoms with Crippen LogP contribution in [-0.4, -0.2) is 29.6 Å². The molecule has 0 saturated carbocycles. The van der Waals surface area contributed by atoms with Crippen molar-refractivity contribution in [2.45, 2.75) is 6.92 Å². The lowest BCUT2D eigenvalue weighted by atomic mass is 9.96. The lowest BCUT2D eigenvalue weighted by Crippen LogP contribution is -2.27. The van der Waals surface area contributed by atoms with Gasteiger partial charge in [0, 0.05) is 5.41 Å². The Labute approximate surface area is 52.1 Å². The summed E-state index contributed by atoms with van der Waals surface area (Å²) in [6, 6.07) is 0. The second-order valence-corrected chi connectivity index (χ2v) is 2.74. The van der Waals surface area contributed by atoms with E-state index in [1.807, 2.05) is 6.92 Å². The molecule has 0 fully saturated rings. The Bertz CT molecular complexity index is 53.2. The molecule has 50 valence electrons. The Balaban J connectivity index is 3.58. The predicted molar refractivity (Wildman–Crippen MR) is 36.9 cm³/mol. The summed E-state index contributed by atoms with van der Waals surface area (Å²) in [7, 11) is 2.49. The molecule has 2 N–H and O–H groups in total. The molecule has 0 bridgehead atoms. The van der Waals surface area contributed by atoms with Crippen molar-refractivity contribution in [3.8, 4) is 0 Å². The van der Waals surface area contributed by atoms with Crippen molar-refractivity contribution < 1.29 is 10.2 Å². The minimum Gasteiger partial charge on any atom is -0.396 e. The zero-order chi connectivity index (χ0) is 6.62. The van der Waals surface area contributed by atoms with Gasteiger partial charge in [0.25, 0.3) is 0 Å². The van der Waals surface area contributed by atoms with Gasteiger partial charge in [0.1, 0.15) is 0 Å². The first-order valence-corrected chi connectivity index (χ1v) is 3.42. The second kappa shape index (κ2) is 3.39. The van der Waals surface area contributed by atoms with Crippen molar-refractivity contribution in [1.29, 1.82) is 0 Å². The molecule has 0 aliphatic heterocycles. The molecule has 0 aromatic rings. The maximum atomic E-state index is 8.61. The highest BCUT2D eigenvalue weighted by molar-refractivity contribution is 7.16. The van der Waals surface area contributed by atoms with Gasteiger partial charge in [-0.15, -0.1) is 9.24 Å². The van der Waals surface area contributed by atoms with Crippen molar-refractivity contribution in [3.05, 3.63) is 0 Å². The molecule has 0 aromatic heterocycles. The second-order valence-electron chi connectivity index (χ2n) is 2.33. The molecular formula is C5H13O2P. The number of hydrogen-bond acceptors (Lipinski definition) is 2. The largest absolute Gasteiger partial charge is 0.396 e. The summed E-state index contributed by atoms with van der Waals surface area (Å²) in [4.78, 5) is 0. The molecule has 0 aliphatic rings. The van der Waals surface area contributed by atoms with Gasteiger partial charge in [-0.2, -0.15) is 0 Å².